The minimum absolute atomic E-state index is 0.343. The van der Waals surface area contributed by atoms with E-state index in [9.17, 15) is 4.79 Å². The molecule has 0 N–H and O–H groups in total. The number of hydrogen-bond acceptors (Lipinski definition) is 4. The van der Waals surface area contributed by atoms with Gasteiger partial charge in [0.15, 0.2) is 0 Å². The fourth-order valence-corrected chi connectivity index (χ4v) is 1.79. The first-order chi connectivity index (χ1) is 9.00. The third kappa shape index (κ3) is 3.58. The number of carbonyl (C=O) groups is 1. The van der Waals surface area contributed by atoms with E-state index in [0.29, 0.717) is 13.2 Å². The maximum Gasteiger partial charge on any atom is 0.330 e. The van der Waals surface area contributed by atoms with Gasteiger partial charge in [-0.25, -0.2) is 4.79 Å². The van der Waals surface area contributed by atoms with E-state index >= 15 is 0 Å². The van der Waals surface area contributed by atoms with Crippen LogP contribution in [0.1, 0.15) is 31.9 Å². The van der Waals surface area contributed by atoms with Gasteiger partial charge in [-0.05, 0) is 24.6 Å². The van der Waals surface area contributed by atoms with Gasteiger partial charge in [0.2, 0.25) is 5.79 Å². The predicted molar refractivity (Wildman–Crippen MR) is 71.6 cm³/mol. The molecule has 19 heavy (non-hydrogen) atoms. The Hall–Kier alpha value is -1.81. The Balaban J connectivity index is 2.15. The van der Waals surface area contributed by atoms with Crippen molar-refractivity contribution in [1.29, 1.82) is 0 Å². The number of carbonyl (C=O) groups excluding carboxylic acids is 1. The standard InChI is InChI=1S/C15H18O4/c1-4-17-14(16)8-6-11-5-7-12-10-18-15(2,3)19-13(12)9-11/h5-9H,4,10H2,1-3H3. The van der Waals surface area contributed by atoms with Crippen molar-refractivity contribution in [2.24, 2.45) is 0 Å². The molecule has 1 aromatic carbocycles. The Morgan fingerprint density at radius 1 is 1.47 bits per heavy atom. The van der Waals surface area contributed by atoms with E-state index in [0.717, 1.165) is 16.9 Å². The second-order valence-electron chi connectivity index (χ2n) is 4.74. The summed E-state index contributed by atoms with van der Waals surface area (Å²) in [5, 5.41) is 0. The largest absolute Gasteiger partial charge is 0.463 e. The molecule has 0 aromatic heterocycles. The van der Waals surface area contributed by atoms with Gasteiger partial charge in [0.25, 0.3) is 0 Å². The van der Waals surface area contributed by atoms with E-state index in [1.807, 2.05) is 32.0 Å². The van der Waals surface area contributed by atoms with Crippen LogP contribution in [0.3, 0.4) is 0 Å². The first-order valence-corrected chi connectivity index (χ1v) is 6.31. The minimum atomic E-state index is -0.615. The summed E-state index contributed by atoms with van der Waals surface area (Å²) in [7, 11) is 0. The second kappa shape index (κ2) is 5.45. The predicted octanol–water partition coefficient (Wildman–Crippen LogP) is 2.91. The number of fused-ring (bicyclic) bond motifs is 1. The molecule has 0 atom stereocenters. The molecule has 0 spiro atoms. The van der Waals surface area contributed by atoms with Gasteiger partial charge >= 0.3 is 5.97 Å². The maximum atomic E-state index is 11.2. The lowest BCUT2D eigenvalue weighted by Gasteiger charge is -2.32. The molecule has 0 saturated heterocycles. The van der Waals surface area contributed by atoms with Crippen molar-refractivity contribution in [3.05, 3.63) is 35.4 Å². The summed E-state index contributed by atoms with van der Waals surface area (Å²) in [5.41, 5.74) is 1.90. The maximum absolute atomic E-state index is 11.2. The Kier molecular flexibility index (Phi) is 3.90. The van der Waals surface area contributed by atoms with Crippen LogP contribution in [0.4, 0.5) is 0 Å². The number of hydrogen-bond donors (Lipinski definition) is 0. The van der Waals surface area contributed by atoms with Gasteiger partial charge in [0.05, 0.1) is 13.2 Å². The van der Waals surface area contributed by atoms with Crippen LogP contribution >= 0.6 is 0 Å². The van der Waals surface area contributed by atoms with Crippen molar-refractivity contribution in [3.63, 3.8) is 0 Å². The molecule has 4 nitrogen and oxygen atoms in total. The van der Waals surface area contributed by atoms with Crippen molar-refractivity contribution in [2.75, 3.05) is 6.61 Å². The van der Waals surface area contributed by atoms with E-state index in [2.05, 4.69) is 0 Å². The minimum Gasteiger partial charge on any atom is -0.463 e. The molecule has 2 rings (SSSR count). The van der Waals surface area contributed by atoms with Crippen LogP contribution in [0.25, 0.3) is 6.08 Å². The van der Waals surface area contributed by atoms with Gasteiger partial charge < -0.3 is 14.2 Å². The van der Waals surface area contributed by atoms with Gasteiger partial charge in [-0.3, -0.25) is 0 Å². The van der Waals surface area contributed by atoms with Gasteiger partial charge in [-0.15, -0.1) is 0 Å². The molecular weight excluding hydrogens is 244 g/mol. The zero-order chi connectivity index (χ0) is 13.9. The lowest BCUT2D eigenvalue weighted by molar-refractivity contribution is -0.180. The fourth-order valence-electron chi connectivity index (χ4n) is 1.79. The molecule has 102 valence electrons. The molecule has 0 aliphatic carbocycles. The van der Waals surface area contributed by atoms with Crippen LogP contribution in [0.15, 0.2) is 24.3 Å². The molecule has 0 radical (unpaired) electrons. The molecule has 1 aliphatic rings. The zero-order valence-corrected chi connectivity index (χ0v) is 11.4. The zero-order valence-electron chi connectivity index (χ0n) is 11.4. The Bertz CT molecular complexity index is 503. The smallest absolute Gasteiger partial charge is 0.330 e. The summed E-state index contributed by atoms with van der Waals surface area (Å²) in [4.78, 5) is 11.2. The van der Waals surface area contributed by atoms with Crippen LogP contribution in [-0.4, -0.2) is 18.4 Å². The summed E-state index contributed by atoms with van der Waals surface area (Å²) in [6, 6.07) is 5.75. The second-order valence-corrected chi connectivity index (χ2v) is 4.74. The van der Waals surface area contributed by atoms with Gasteiger partial charge in [-0.1, -0.05) is 12.1 Å². The third-order valence-electron chi connectivity index (χ3n) is 2.72. The van der Waals surface area contributed by atoms with Crippen LogP contribution < -0.4 is 4.74 Å². The van der Waals surface area contributed by atoms with Crippen molar-refractivity contribution in [1.82, 2.24) is 0 Å². The van der Waals surface area contributed by atoms with Gasteiger partial charge in [0, 0.05) is 25.5 Å². The molecule has 1 heterocycles. The third-order valence-corrected chi connectivity index (χ3v) is 2.72. The van der Waals surface area contributed by atoms with E-state index in [4.69, 9.17) is 14.2 Å². The summed E-state index contributed by atoms with van der Waals surface area (Å²) in [6.45, 7) is 6.43. The highest BCUT2D eigenvalue weighted by atomic mass is 16.7. The lowest BCUT2D eigenvalue weighted by atomic mass is 10.1. The molecule has 0 unspecified atom stereocenters. The summed E-state index contributed by atoms with van der Waals surface area (Å²) < 4.78 is 16.1. The highest BCUT2D eigenvalue weighted by Gasteiger charge is 2.27. The quantitative estimate of drug-likeness (QED) is 0.620. The molecule has 4 heteroatoms. The highest BCUT2D eigenvalue weighted by molar-refractivity contribution is 5.87. The first kappa shape index (κ1) is 13.6. The van der Waals surface area contributed by atoms with Crippen molar-refractivity contribution >= 4 is 12.0 Å². The summed E-state index contributed by atoms with van der Waals surface area (Å²) in [6.07, 6.45) is 3.12. The Morgan fingerprint density at radius 3 is 3.00 bits per heavy atom. The molecule has 1 aromatic rings. The van der Waals surface area contributed by atoms with Crippen molar-refractivity contribution < 1.29 is 19.0 Å². The van der Waals surface area contributed by atoms with Crippen LogP contribution in [0, 0.1) is 0 Å². The number of rotatable bonds is 3. The Morgan fingerprint density at radius 2 is 2.26 bits per heavy atom. The van der Waals surface area contributed by atoms with Crippen LogP contribution in [-0.2, 0) is 20.9 Å². The molecule has 0 bridgehead atoms. The van der Waals surface area contributed by atoms with E-state index < -0.39 is 5.79 Å². The number of benzene rings is 1. The molecular formula is C15H18O4. The molecule has 0 saturated carbocycles. The van der Waals surface area contributed by atoms with Crippen LogP contribution in [0.2, 0.25) is 0 Å². The molecule has 0 fully saturated rings. The van der Waals surface area contributed by atoms with E-state index in [1.165, 1.54) is 6.08 Å². The van der Waals surface area contributed by atoms with Gasteiger partial charge in [0.1, 0.15) is 5.75 Å². The number of ether oxygens (including phenoxy) is 3. The van der Waals surface area contributed by atoms with Crippen molar-refractivity contribution in [2.45, 2.75) is 33.2 Å². The summed E-state index contributed by atoms with van der Waals surface area (Å²) >= 11 is 0. The average Bonchev–Trinajstić information content (AvgIpc) is 2.35. The Labute approximate surface area is 113 Å². The fraction of sp³-hybridized carbons (Fsp3) is 0.400. The van der Waals surface area contributed by atoms with E-state index in [1.54, 1.807) is 13.0 Å². The normalized spacial score (nSPS) is 16.8. The van der Waals surface area contributed by atoms with Crippen LogP contribution in [0.5, 0.6) is 5.75 Å². The molecule has 1 aliphatic heterocycles. The monoisotopic (exact) mass is 262 g/mol. The SMILES string of the molecule is CCOC(=O)C=Cc1ccc2c(c1)OC(C)(C)OC2. The highest BCUT2D eigenvalue weighted by Crippen LogP contribution is 2.32. The topological polar surface area (TPSA) is 44.8 Å². The van der Waals surface area contributed by atoms with E-state index in [-0.39, 0.29) is 5.97 Å². The molecule has 0 amide bonds. The number of esters is 1. The summed E-state index contributed by atoms with van der Waals surface area (Å²) in [5.74, 6) is -0.164. The average molecular weight is 262 g/mol. The lowest BCUT2D eigenvalue weighted by Crippen LogP contribution is -2.35. The van der Waals surface area contributed by atoms with Gasteiger partial charge in [-0.2, -0.15) is 0 Å². The first-order valence-electron chi connectivity index (χ1n) is 6.31. The van der Waals surface area contributed by atoms with Crippen molar-refractivity contribution in [3.8, 4) is 5.75 Å².